The van der Waals surface area contributed by atoms with Crippen molar-refractivity contribution in [3.63, 3.8) is 0 Å². The molecule has 1 fully saturated rings. The first kappa shape index (κ1) is 25.7. The first-order chi connectivity index (χ1) is 17.3. The Bertz CT molecular complexity index is 1190. The van der Waals surface area contributed by atoms with Crippen LogP contribution >= 0.6 is 0 Å². The summed E-state index contributed by atoms with van der Waals surface area (Å²) in [6.07, 6.45) is 7.13. The number of nitrogens with zero attached hydrogens (tertiary/aromatic N) is 5. The summed E-state index contributed by atoms with van der Waals surface area (Å²) in [5.41, 5.74) is 2.33. The van der Waals surface area contributed by atoms with E-state index in [1.54, 1.807) is 18.3 Å². The minimum Gasteiger partial charge on any atom is -0.341 e. The van der Waals surface area contributed by atoms with E-state index >= 15 is 0 Å². The summed E-state index contributed by atoms with van der Waals surface area (Å²) in [5.74, 6) is 2.96. The number of ketones is 1. The van der Waals surface area contributed by atoms with E-state index in [1.165, 1.54) is 18.4 Å². The van der Waals surface area contributed by atoms with E-state index < -0.39 is 0 Å². The summed E-state index contributed by atoms with van der Waals surface area (Å²) in [6.45, 7) is 12.7. The average Bonchev–Trinajstić information content (AvgIpc) is 3.14. The van der Waals surface area contributed by atoms with Gasteiger partial charge in [-0.25, -0.2) is 4.98 Å². The van der Waals surface area contributed by atoms with Crippen molar-refractivity contribution < 1.29 is 4.79 Å². The van der Waals surface area contributed by atoms with E-state index in [2.05, 4.69) is 47.9 Å². The molecule has 0 spiro atoms. The van der Waals surface area contributed by atoms with Crippen LogP contribution in [-0.4, -0.2) is 38.8 Å². The maximum atomic E-state index is 13.4. The van der Waals surface area contributed by atoms with Crippen molar-refractivity contribution in [1.82, 2.24) is 19.9 Å². The monoisotopic (exact) mass is 486 g/mol. The molecule has 190 valence electrons. The SMILES string of the molecule is CCc1nc(Nc2ncccc2C(=O)c2ccc(C(C)(C)C)cc2)nc(N2CCCC(CC)CC2)n1. The van der Waals surface area contributed by atoms with Crippen LogP contribution in [0.5, 0.6) is 0 Å². The first-order valence-electron chi connectivity index (χ1n) is 13.2. The summed E-state index contributed by atoms with van der Waals surface area (Å²) in [6, 6.07) is 11.4. The van der Waals surface area contributed by atoms with Crippen LogP contribution in [-0.2, 0) is 11.8 Å². The van der Waals surface area contributed by atoms with Crippen LogP contribution in [0.1, 0.15) is 87.6 Å². The van der Waals surface area contributed by atoms with E-state index in [0.29, 0.717) is 35.3 Å². The summed E-state index contributed by atoms with van der Waals surface area (Å²) in [7, 11) is 0. The van der Waals surface area contributed by atoms with Crippen LogP contribution in [0.3, 0.4) is 0 Å². The van der Waals surface area contributed by atoms with Crippen molar-refractivity contribution >= 4 is 23.5 Å². The number of carbonyl (C=O) groups is 1. The standard InChI is InChI=1S/C29H38N6O/c1-6-20-10-9-18-35(19-16-20)28-32-24(7-2)31-27(34-28)33-26-23(11-8-17-30-26)25(36)21-12-14-22(15-13-21)29(3,4)5/h8,11-15,17,20H,6-7,9-10,16,18-19H2,1-5H3,(H,30,31,32,33,34). The lowest BCUT2D eigenvalue weighted by molar-refractivity contribution is 0.103. The van der Waals surface area contributed by atoms with Gasteiger partial charge in [-0.05, 0) is 48.3 Å². The van der Waals surface area contributed by atoms with Crippen molar-refractivity contribution in [2.24, 2.45) is 5.92 Å². The maximum Gasteiger partial charge on any atom is 0.233 e. The highest BCUT2D eigenvalue weighted by molar-refractivity contribution is 6.12. The lowest BCUT2D eigenvalue weighted by Crippen LogP contribution is -2.27. The topological polar surface area (TPSA) is 83.9 Å². The molecular formula is C29H38N6O. The number of pyridine rings is 1. The highest BCUT2D eigenvalue weighted by Crippen LogP contribution is 2.26. The van der Waals surface area contributed by atoms with Gasteiger partial charge in [0.25, 0.3) is 0 Å². The molecule has 7 nitrogen and oxygen atoms in total. The minimum absolute atomic E-state index is 0.0286. The molecule has 3 aromatic rings. The Labute approximate surface area is 214 Å². The van der Waals surface area contributed by atoms with Gasteiger partial charge >= 0.3 is 0 Å². The number of benzene rings is 1. The zero-order chi connectivity index (χ0) is 25.7. The molecule has 1 aliphatic rings. The number of anilines is 3. The van der Waals surface area contributed by atoms with Crippen LogP contribution in [0.2, 0.25) is 0 Å². The second-order valence-corrected chi connectivity index (χ2v) is 10.6. The fraction of sp³-hybridized carbons (Fsp3) is 0.483. The predicted molar refractivity (Wildman–Crippen MR) is 145 cm³/mol. The fourth-order valence-corrected chi connectivity index (χ4v) is 4.61. The highest BCUT2D eigenvalue weighted by atomic mass is 16.1. The second-order valence-electron chi connectivity index (χ2n) is 10.6. The normalized spacial score (nSPS) is 16.5. The number of aryl methyl sites for hydroxylation is 1. The van der Waals surface area contributed by atoms with Gasteiger partial charge in [0.05, 0.1) is 5.56 Å². The number of rotatable bonds is 7. The van der Waals surface area contributed by atoms with Gasteiger partial charge in [0.1, 0.15) is 11.6 Å². The van der Waals surface area contributed by atoms with Crippen LogP contribution in [0.25, 0.3) is 0 Å². The first-order valence-corrected chi connectivity index (χ1v) is 13.2. The predicted octanol–water partition coefficient (Wildman–Crippen LogP) is 6.12. The zero-order valence-electron chi connectivity index (χ0n) is 22.2. The molecule has 7 heteroatoms. The van der Waals surface area contributed by atoms with Crippen molar-refractivity contribution in [2.75, 3.05) is 23.3 Å². The molecule has 0 aliphatic carbocycles. The number of aromatic nitrogens is 4. The largest absolute Gasteiger partial charge is 0.341 e. The van der Waals surface area contributed by atoms with Crippen molar-refractivity contribution in [3.8, 4) is 0 Å². The molecule has 3 heterocycles. The minimum atomic E-state index is -0.0887. The molecule has 1 saturated heterocycles. The molecule has 1 aliphatic heterocycles. The van der Waals surface area contributed by atoms with Crippen LogP contribution in [0.4, 0.5) is 17.7 Å². The second kappa shape index (κ2) is 11.1. The average molecular weight is 487 g/mol. The third kappa shape index (κ3) is 6.07. The Balaban J connectivity index is 1.60. The summed E-state index contributed by atoms with van der Waals surface area (Å²) < 4.78 is 0. The van der Waals surface area contributed by atoms with Gasteiger partial charge in [0.2, 0.25) is 11.9 Å². The van der Waals surface area contributed by atoms with E-state index in [-0.39, 0.29) is 11.2 Å². The van der Waals surface area contributed by atoms with Crippen molar-refractivity contribution in [1.29, 1.82) is 0 Å². The van der Waals surface area contributed by atoms with Gasteiger partial charge in [-0.3, -0.25) is 4.79 Å². The molecular weight excluding hydrogens is 448 g/mol. The molecule has 2 aromatic heterocycles. The third-order valence-corrected chi connectivity index (χ3v) is 6.99. The van der Waals surface area contributed by atoms with Gasteiger partial charge < -0.3 is 10.2 Å². The third-order valence-electron chi connectivity index (χ3n) is 6.99. The van der Waals surface area contributed by atoms with Crippen LogP contribution < -0.4 is 10.2 Å². The Morgan fingerprint density at radius 3 is 2.50 bits per heavy atom. The van der Waals surface area contributed by atoms with Crippen LogP contribution in [0, 0.1) is 5.92 Å². The molecule has 1 N–H and O–H groups in total. The van der Waals surface area contributed by atoms with Gasteiger partial charge in [0.15, 0.2) is 5.78 Å². The highest BCUT2D eigenvalue weighted by Gasteiger charge is 2.21. The van der Waals surface area contributed by atoms with Gasteiger partial charge in [-0.15, -0.1) is 0 Å². The summed E-state index contributed by atoms with van der Waals surface area (Å²) in [5, 5.41) is 3.23. The molecule has 36 heavy (non-hydrogen) atoms. The Kier molecular flexibility index (Phi) is 7.97. The van der Waals surface area contributed by atoms with E-state index in [0.717, 1.165) is 37.7 Å². The van der Waals surface area contributed by atoms with E-state index in [1.807, 2.05) is 31.2 Å². The van der Waals surface area contributed by atoms with Crippen molar-refractivity contribution in [3.05, 3.63) is 65.1 Å². The lowest BCUT2D eigenvalue weighted by Gasteiger charge is -2.21. The molecule has 4 rings (SSSR count). The maximum absolute atomic E-state index is 13.4. The number of hydrogen-bond acceptors (Lipinski definition) is 7. The Hall–Kier alpha value is -3.35. The van der Waals surface area contributed by atoms with Gasteiger partial charge in [-0.1, -0.05) is 65.3 Å². The van der Waals surface area contributed by atoms with Crippen LogP contribution in [0.15, 0.2) is 42.6 Å². The zero-order valence-corrected chi connectivity index (χ0v) is 22.2. The lowest BCUT2D eigenvalue weighted by atomic mass is 9.86. The van der Waals surface area contributed by atoms with Crippen molar-refractivity contribution in [2.45, 2.75) is 72.1 Å². The Morgan fingerprint density at radius 1 is 1.03 bits per heavy atom. The molecule has 0 amide bonds. The van der Waals surface area contributed by atoms with Gasteiger partial charge in [0, 0.05) is 31.3 Å². The molecule has 0 radical (unpaired) electrons. The molecule has 0 saturated carbocycles. The molecule has 1 unspecified atom stereocenters. The molecule has 1 aromatic carbocycles. The number of nitrogens with one attached hydrogen (secondary N) is 1. The molecule has 1 atom stereocenters. The Morgan fingerprint density at radius 2 is 1.81 bits per heavy atom. The number of hydrogen-bond donors (Lipinski definition) is 1. The number of carbonyl (C=O) groups excluding carboxylic acids is 1. The summed E-state index contributed by atoms with van der Waals surface area (Å²) >= 11 is 0. The van der Waals surface area contributed by atoms with Gasteiger partial charge in [-0.2, -0.15) is 15.0 Å². The smallest absolute Gasteiger partial charge is 0.233 e. The van der Waals surface area contributed by atoms with E-state index in [4.69, 9.17) is 9.97 Å². The quantitative estimate of drug-likeness (QED) is 0.403. The molecule has 0 bridgehead atoms. The van der Waals surface area contributed by atoms with E-state index in [9.17, 15) is 4.79 Å². The fourth-order valence-electron chi connectivity index (χ4n) is 4.61. The summed E-state index contributed by atoms with van der Waals surface area (Å²) in [4.78, 5) is 34.2.